The third-order valence-electron chi connectivity index (χ3n) is 3.11. The van der Waals surface area contributed by atoms with E-state index in [1.807, 2.05) is 0 Å². The SMILES string of the molecule is CCN(CC1CC1)c1ccccc1CN. The van der Waals surface area contributed by atoms with E-state index in [4.69, 9.17) is 5.73 Å². The van der Waals surface area contributed by atoms with Crippen LogP contribution in [-0.4, -0.2) is 13.1 Å². The topological polar surface area (TPSA) is 29.3 Å². The summed E-state index contributed by atoms with van der Waals surface area (Å²) in [6, 6.07) is 8.49. The van der Waals surface area contributed by atoms with Gasteiger partial charge in [-0.25, -0.2) is 0 Å². The van der Waals surface area contributed by atoms with Crippen LogP contribution < -0.4 is 10.6 Å². The molecule has 1 fully saturated rings. The average Bonchev–Trinajstić information content (AvgIpc) is 3.10. The van der Waals surface area contributed by atoms with Crippen LogP contribution in [0.2, 0.25) is 0 Å². The zero-order valence-corrected chi connectivity index (χ0v) is 9.45. The van der Waals surface area contributed by atoms with E-state index in [9.17, 15) is 0 Å². The fraction of sp³-hybridized carbons (Fsp3) is 0.538. The van der Waals surface area contributed by atoms with Gasteiger partial charge in [-0.3, -0.25) is 0 Å². The Hall–Kier alpha value is -1.02. The molecule has 1 aromatic rings. The lowest BCUT2D eigenvalue weighted by Gasteiger charge is -2.25. The van der Waals surface area contributed by atoms with Crippen molar-refractivity contribution in [1.82, 2.24) is 0 Å². The highest BCUT2D eigenvalue weighted by molar-refractivity contribution is 5.53. The van der Waals surface area contributed by atoms with Crippen molar-refractivity contribution in [2.45, 2.75) is 26.3 Å². The normalized spacial score (nSPS) is 15.3. The first-order chi connectivity index (χ1) is 7.35. The van der Waals surface area contributed by atoms with E-state index in [1.54, 1.807) is 0 Å². The number of anilines is 1. The fourth-order valence-corrected chi connectivity index (χ4v) is 2.00. The van der Waals surface area contributed by atoms with E-state index in [1.165, 1.54) is 30.6 Å². The van der Waals surface area contributed by atoms with Gasteiger partial charge in [0.05, 0.1) is 0 Å². The Morgan fingerprint density at radius 3 is 2.67 bits per heavy atom. The van der Waals surface area contributed by atoms with Crippen molar-refractivity contribution in [3.63, 3.8) is 0 Å². The summed E-state index contributed by atoms with van der Waals surface area (Å²) in [4.78, 5) is 2.46. The monoisotopic (exact) mass is 204 g/mol. The maximum absolute atomic E-state index is 5.76. The first-order valence-electron chi connectivity index (χ1n) is 5.88. The van der Waals surface area contributed by atoms with Crippen molar-refractivity contribution in [1.29, 1.82) is 0 Å². The summed E-state index contributed by atoms with van der Waals surface area (Å²) in [5, 5.41) is 0. The van der Waals surface area contributed by atoms with Crippen molar-refractivity contribution in [3.8, 4) is 0 Å². The van der Waals surface area contributed by atoms with Gasteiger partial charge in [0.2, 0.25) is 0 Å². The van der Waals surface area contributed by atoms with Gasteiger partial charge in [-0.05, 0) is 37.3 Å². The summed E-state index contributed by atoms with van der Waals surface area (Å²) in [5.41, 5.74) is 8.35. The minimum atomic E-state index is 0.636. The molecule has 82 valence electrons. The van der Waals surface area contributed by atoms with E-state index in [-0.39, 0.29) is 0 Å². The van der Waals surface area contributed by atoms with E-state index < -0.39 is 0 Å². The smallest absolute Gasteiger partial charge is 0.0411 e. The van der Waals surface area contributed by atoms with Crippen LogP contribution in [0.3, 0.4) is 0 Å². The Balaban J connectivity index is 2.15. The largest absolute Gasteiger partial charge is 0.371 e. The van der Waals surface area contributed by atoms with Gasteiger partial charge in [0, 0.05) is 25.3 Å². The summed E-state index contributed by atoms with van der Waals surface area (Å²) >= 11 is 0. The molecule has 2 rings (SSSR count). The van der Waals surface area contributed by atoms with Gasteiger partial charge < -0.3 is 10.6 Å². The fourth-order valence-electron chi connectivity index (χ4n) is 2.00. The molecule has 2 heteroatoms. The van der Waals surface area contributed by atoms with Gasteiger partial charge in [0.15, 0.2) is 0 Å². The van der Waals surface area contributed by atoms with Crippen LogP contribution in [-0.2, 0) is 6.54 Å². The molecule has 1 aliphatic rings. The van der Waals surface area contributed by atoms with Crippen LogP contribution in [0.5, 0.6) is 0 Å². The Bertz CT molecular complexity index is 318. The minimum Gasteiger partial charge on any atom is -0.371 e. The third kappa shape index (κ3) is 2.51. The predicted molar refractivity (Wildman–Crippen MR) is 64.9 cm³/mol. The predicted octanol–water partition coefficient (Wildman–Crippen LogP) is 2.38. The molecule has 1 aromatic carbocycles. The van der Waals surface area contributed by atoms with Gasteiger partial charge in [-0.15, -0.1) is 0 Å². The second kappa shape index (κ2) is 4.67. The molecular weight excluding hydrogens is 184 g/mol. The minimum absolute atomic E-state index is 0.636. The number of rotatable bonds is 5. The molecule has 0 aromatic heterocycles. The number of nitrogens with two attached hydrogens (primary N) is 1. The molecule has 0 saturated heterocycles. The molecule has 0 heterocycles. The Labute approximate surface area is 92.1 Å². The highest BCUT2D eigenvalue weighted by atomic mass is 15.1. The molecule has 1 aliphatic carbocycles. The van der Waals surface area contributed by atoms with Crippen LogP contribution in [0.4, 0.5) is 5.69 Å². The molecule has 0 aliphatic heterocycles. The first kappa shape index (κ1) is 10.5. The van der Waals surface area contributed by atoms with E-state index in [0.29, 0.717) is 6.54 Å². The molecule has 2 nitrogen and oxygen atoms in total. The summed E-state index contributed by atoms with van der Waals surface area (Å²) in [6.07, 6.45) is 2.81. The van der Waals surface area contributed by atoms with Gasteiger partial charge >= 0.3 is 0 Å². The lowest BCUT2D eigenvalue weighted by atomic mass is 10.1. The number of nitrogens with zero attached hydrogens (tertiary/aromatic N) is 1. The molecule has 0 bridgehead atoms. The van der Waals surface area contributed by atoms with E-state index in [2.05, 4.69) is 36.1 Å². The molecule has 0 spiro atoms. The first-order valence-corrected chi connectivity index (χ1v) is 5.88. The molecule has 0 radical (unpaired) electrons. The second-order valence-corrected chi connectivity index (χ2v) is 4.31. The number of hydrogen-bond donors (Lipinski definition) is 1. The van der Waals surface area contributed by atoms with Gasteiger partial charge in [0.25, 0.3) is 0 Å². The van der Waals surface area contributed by atoms with Gasteiger partial charge in [0.1, 0.15) is 0 Å². The number of benzene rings is 1. The van der Waals surface area contributed by atoms with Crippen molar-refractivity contribution in [3.05, 3.63) is 29.8 Å². The maximum atomic E-state index is 5.76. The van der Waals surface area contributed by atoms with E-state index >= 15 is 0 Å². The maximum Gasteiger partial charge on any atom is 0.0411 e. The Morgan fingerprint density at radius 1 is 1.33 bits per heavy atom. The highest BCUT2D eigenvalue weighted by Gasteiger charge is 2.24. The highest BCUT2D eigenvalue weighted by Crippen LogP contribution is 2.32. The molecular formula is C13H20N2. The van der Waals surface area contributed by atoms with Gasteiger partial charge in [-0.1, -0.05) is 18.2 Å². The summed E-state index contributed by atoms with van der Waals surface area (Å²) < 4.78 is 0. The zero-order valence-electron chi connectivity index (χ0n) is 9.45. The molecule has 1 saturated carbocycles. The average molecular weight is 204 g/mol. The quantitative estimate of drug-likeness (QED) is 0.798. The zero-order chi connectivity index (χ0) is 10.7. The van der Waals surface area contributed by atoms with Crippen LogP contribution in [0.15, 0.2) is 24.3 Å². The summed E-state index contributed by atoms with van der Waals surface area (Å²) in [7, 11) is 0. The summed E-state index contributed by atoms with van der Waals surface area (Å²) in [6.45, 7) is 5.13. The number of para-hydroxylation sites is 1. The molecule has 2 N–H and O–H groups in total. The van der Waals surface area contributed by atoms with E-state index in [0.717, 1.165) is 12.5 Å². The lowest BCUT2D eigenvalue weighted by molar-refractivity contribution is 0.737. The van der Waals surface area contributed by atoms with Crippen LogP contribution in [0.1, 0.15) is 25.3 Å². The molecule has 0 amide bonds. The van der Waals surface area contributed by atoms with Crippen molar-refractivity contribution in [2.75, 3.05) is 18.0 Å². The van der Waals surface area contributed by atoms with Crippen molar-refractivity contribution >= 4 is 5.69 Å². The second-order valence-electron chi connectivity index (χ2n) is 4.31. The third-order valence-corrected chi connectivity index (χ3v) is 3.11. The molecule has 15 heavy (non-hydrogen) atoms. The molecule has 0 atom stereocenters. The standard InChI is InChI=1S/C13H20N2/c1-2-15(10-11-7-8-11)13-6-4-3-5-12(13)9-14/h3-6,11H,2,7-10,14H2,1H3. The van der Waals surface area contributed by atoms with Crippen molar-refractivity contribution < 1.29 is 0 Å². The van der Waals surface area contributed by atoms with Crippen LogP contribution in [0.25, 0.3) is 0 Å². The number of hydrogen-bond acceptors (Lipinski definition) is 2. The Kier molecular flexibility index (Phi) is 3.27. The summed E-state index contributed by atoms with van der Waals surface area (Å²) in [5.74, 6) is 0.927. The Morgan fingerprint density at radius 2 is 2.07 bits per heavy atom. The van der Waals surface area contributed by atoms with Crippen LogP contribution >= 0.6 is 0 Å². The van der Waals surface area contributed by atoms with Crippen molar-refractivity contribution in [2.24, 2.45) is 11.7 Å². The van der Waals surface area contributed by atoms with Crippen LogP contribution in [0, 0.1) is 5.92 Å². The molecule has 0 unspecified atom stereocenters. The van der Waals surface area contributed by atoms with Gasteiger partial charge in [-0.2, -0.15) is 0 Å². The lowest BCUT2D eigenvalue weighted by Crippen LogP contribution is -2.26.